The largest absolute Gasteiger partial charge is 0.374 e. The van der Waals surface area contributed by atoms with E-state index in [1.165, 1.54) is 101 Å². The zero-order chi connectivity index (χ0) is 33.7. The number of hydrogen-bond acceptors (Lipinski definition) is 4. The van der Waals surface area contributed by atoms with Crippen molar-refractivity contribution in [3.8, 4) is 0 Å². The molecule has 10 rings (SSSR count). The fourth-order valence-corrected chi connectivity index (χ4v) is 15.3. The van der Waals surface area contributed by atoms with Crippen molar-refractivity contribution in [1.82, 2.24) is 9.80 Å². The molecular weight excluding hydrogens is 597 g/mol. The summed E-state index contributed by atoms with van der Waals surface area (Å²) >= 11 is 0. The second-order valence-corrected chi connectivity index (χ2v) is 20.4. The average molecular weight is 664 g/mol. The molecule has 266 valence electrons. The van der Waals surface area contributed by atoms with Gasteiger partial charge in [-0.05, 0) is 137 Å². The average Bonchev–Trinajstić information content (AvgIpc) is 3.67. The molecule has 1 aromatic carbocycles. The summed E-state index contributed by atoms with van der Waals surface area (Å²) in [7, 11) is 0. The highest BCUT2D eigenvalue weighted by Crippen LogP contribution is 2.63. The number of guanidine groups is 1. The molecule has 3 saturated heterocycles. The summed E-state index contributed by atoms with van der Waals surface area (Å²) in [4.78, 5) is 12.3. The minimum Gasteiger partial charge on any atom is -0.374 e. The van der Waals surface area contributed by atoms with Crippen molar-refractivity contribution in [2.75, 3.05) is 0 Å². The molecule has 0 aromatic heterocycles. The molecule has 14 atom stereocenters. The third-order valence-electron chi connectivity index (χ3n) is 17.8. The predicted octanol–water partition coefficient (Wildman–Crippen LogP) is 8.94. The van der Waals surface area contributed by atoms with E-state index in [1.54, 1.807) is 27.7 Å². The molecule has 5 heteroatoms. The van der Waals surface area contributed by atoms with E-state index in [4.69, 9.17) is 9.73 Å². The minimum absolute atomic E-state index is 0.365. The molecule has 4 heterocycles. The van der Waals surface area contributed by atoms with Gasteiger partial charge in [0.1, 0.15) is 0 Å². The zero-order valence-corrected chi connectivity index (χ0v) is 32.3. The summed E-state index contributed by atoms with van der Waals surface area (Å²) in [5.41, 5.74) is 10.1. The van der Waals surface area contributed by atoms with Gasteiger partial charge in [-0.1, -0.05) is 75.9 Å². The lowest BCUT2D eigenvalue weighted by molar-refractivity contribution is -0.0736. The second kappa shape index (κ2) is 11.3. The Morgan fingerprint density at radius 3 is 2.14 bits per heavy atom. The molecule has 4 aliphatic heterocycles. The van der Waals surface area contributed by atoms with Crippen LogP contribution in [-0.2, 0) is 4.74 Å². The lowest BCUT2D eigenvalue weighted by Gasteiger charge is -2.68. The van der Waals surface area contributed by atoms with Crippen LogP contribution in [0.25, 0.3) is 0 Å². The predicted molar refractivity (Wildman–Crippen MR) is 203 cm³/mol. The van der Waals surface area contributed by atoms with Crippen LogP contribution in [0.2, 0.25) is 11.6 Å². The number of rotatable bonds is 1. The SMILES string of the molecule is Cc1c(C)c(C)c(B2C3CC(C(C)(C)C)CCC3N3C4=NC5CCC6OC7CCCCC7C6C5N4C4CCCC5CCC2C3C54)c(C)c1C. The highest BCUT2D eigenvalue weighted by molar-refractivity contribution is 6.77. The van der Waals surface area contributed by atoms with Gasteiger partial charge in [0, 0.05) is 30.0 Å². The molecular formula is C44H66BN3O. The first-order valence-corrected chi connectivity index (χ1v) is 21.4. The molecule has 5 aliphatic carbocycles. The number of aliphatic imine (C=N–C) groups is 1. The summed E-state index contributed by atoms with van der Waals surface area (Å²) in [5.74, 6) is 6.97. The summed E-state index contributed by atoms with van der Waals surface area (Å²) in [6.45, 7) is 20.6. The van der Waals surface area contributed by atoms with Crippen LogP contribution in [0.15, 0.2) is 4.99 Å². The van der Waals surface area contributed by atoms with Gasteiger partial charge in [0.2, 0.25) is 0 Å². The van der Waals surface area contributed by atoms with E-state index < -0.39 is 0 Å². The first kappa shape index (κ1) is 32.2. The van der Waals surface area contributed by atoms with Crippen LogP contribution in [-0.4, -0.2) is 64.9 Å². The van der Waals surface area contributed by atoms with Crippen LogP contribution >= 0.6 is 0 Å². The molecule has 0 radical (unpaired) electrons. The van der Waals surface area contributed by atoms with Crippen molar-refractivity contribution in [1.29, 1.82) is 0 Å². The Hall–Kier alpha value is -1.49. The molecule has 0 N–H and O–H groups in total. The van der Waals surface area contributed by atoms with E-state index in [1.807, 2.05) is 0 Å². The van der Waals surface area contributed by atoms with E-state index in [2.05, 4.69) is 65.2 Å². The molecule has 9 aliphatic rings. The van der Waals surface area contributed by atoms with Gasteiger partial charge in [0.15, 0.2) is 12.7 Å². The van der Waals surface area contributed by atoms with E-state index >= 15 is 0 Å². The number of fused-ring (bicyclic) bond motifs is 11. The Balaban J connectivity index is 1.13. The number of benzene rings is 1. The molecule has 8 fully saturated rings. The van der Waals surface area contributed by atoms with Crippen molar-refractivity contribution in [3.05, 3.63) is 27.8 Å². The van der Waals surface area contributed by atoms with Crippen LogP contribution < -0.4 is 5.46 Å². The van der Waals surface area contributed by atoms with Crippen LogP contribution in [0.1, 0.15) is 138 Å². The highest BCUT2D eigenvalue weighted by Gasteiger charge is 2.67. The standard InChI is InChI=1S/C44H66BN3O/c1-23-24(2)26(4)40(27(5)25(23)3)45-31-18-16-28-12-11-14-35-38(28)41(31)47(34-20-17-29(22-32(34)45)44(6,7)8)43-46-33-19-21-37-39(42(33)48(35)43)30-13-9-10-15-36(30)49-37/h28-39,41-42H,9-22H2,1-8H3. The van der Waals surface area contributed by atoms with Gasteiger partial charge in [0.05, 0.1) is 24.3 Å². The summed E-state index contributed by atoms with van der Waals surface area (Å²) < 4.78 is 7.00. The van der Waals surface area contributed by atoms with Gasteiger partial charge in [-0.2, -0.15) is 0 Å². The number of hydrogen-bond donors (Lipinski definition) is 0. The molecule has 0 spiro atoms. The number of nitrogens with zero attached hydrogens (tertiary/aromatic N) is 3. The quantitative estimate of drug-likeness (QED) is 0.281. The van der Waals surface area contributed by atoms with Gasteiger partial charge in [-0.15, -0.1) is 0 Å². The van der Waals surface area contributed by atoms with E-state index in [-0.39, 0.29) is 0 Å². The van der Waals surface area contributed by atoms with Gasteiger partial charge < -0.3 is 14.5 Å². The molecule has 49 heavy (non-hydrogen) atoms. The maximum Gasteiger partial charge on any atom is 0.198 e. The second-order valence-electron chi connectivity index (χ2n) is 20.4. The smallest absolute Gasteiger partial charge is 0.198 e. The summed E-state index contributed by atoms with van der Waals surface area (Å²) in [6, 6.07) is 3.10. The van der Waals surface area contributed by atoms with E-state index in [0.717, 1.165) is 29.5 Å². The number of ether oxygens (including phenoxy) is 1. The first-order chi connectivity index (χ1) is 23.5. The fraction of sp³-hybridized carbons (Fsp3) is 0.841. The maximum atomic E-state index is 7.00. The van der Waals surface area contributed by atoms with Crippen molar-refractivity contribution in [2.24, 2.45) is 40.0 Å². The van der Waals surface area contributed by atoms with Crippen molar-refractivity contribution < 1.29 is 4.74 Å². The molecule has 1 aromatic rings. The normalized spacial score (nSPS) is 45.1. The van der Waals surface area contributed by atoms with Gasteiger partial charge in [-0.3, -0.25) is 0 Å². The summed E-state index contributed by atoms with van der Waals surface area (Å²) in [6.07, 6.45) is 20.3. The Morgan fingerprint density at radius 1 is 0.633 bits per heavy atom. The Morgan fingerprint density at radius 2 is 1.37 bits per heavy atom. The Bertz CT molecular complexity index is 1520. The molecule has 0 amide bonds. The van der Waals surface area contributed by atoms with Crippen LogP contribution in [0.4, 0.5) is 0 Å². The molecule has 14 unspecified atom stereocenters. The van der Waals surface area contributed by atoms with Gasteiger partial charge in [0.25, 0.3) is 0 Å². The molecule has 0 bridgehead atoms. The lowest BCUT2D eigenvalue weighted by atomic mass is 9.22. The summed E-state index contributed by atoms with van der Waals surface area (Å²) in [5, 5.41) is 0. The highest BCUT2D eigenvalue weighted by atomic mass is 16.5. The zero-order valence-electron chi connectivity index (χ0n) is 32.3. The minimum atomic E-state index is 0.365. The van der Waals surface area contributed by atoms with Crippen LogP contribution in [0, 0.1) is 69.6 Å². The van der Waals surface area contributed by atoms with E-state index in [0.29, 0.717) is 66.3 Å². The Labute approximate surface area is 299 Å². The van der Waals surface area contributed by atoms with Crippen molar-refractivity contribution >= 4 is 18.1 Å². The third-order valence-corrected chi connectivity index (χ3v) is 17.8. The van der Waals surface area contributed by atoms with Gasteiger partial charge in [-0.25, -0.2) is 4.99 Å². The van der Waals surface area contributed by atoms with Crippen molar-refractivity contribution in [2.45, 2.75) is 199 Å². The first-order valence-electron chi connectivity index (χ1n) is 21.4. The Kier molecular flexibility index (Phi) is 7.40. The topological polar surface area (TPSA) is 28.1 Å². The van der Waals surface area contributed by atoms with Crippen LogP contribution in [0.5, 0.6) is 0 Å². The van der Waals surface area contributed by atoms with Crippen LogP contribution in [0.3, 0.4) is 0 Å². The maximum absolute atomic E-state index is 7.00. The molecule has 4 nitrogen and oxygen atoms in total. The monoisotopic (exact) mass is 664 g/mol. The van der Waals surface area contributed by atoms with Gasteiger partial charge >= 0.3 is 0 Å². The van der Waals surface area contributed by atoms with Crippen molar-refractivity contribution in [3.63, 3.8) is 0 Å². The molecule has 5 saturated carbocycles. The fourth-order valence-electron chi connectivity index (χ4n) is 15.3. The third kappa shape index (κ3) is 4.41. The lowest BCUT2D eigenvalue weighted by Crippen LogP contribution is -2.77. The van der Waals surface area contributed by atoms with E-state index in [9.17, 15) is 0 Å².